The van der Waals surface area contributed by atoms with Crippen molar-refractivity contribution in [3.05, 3.63) is 78.1 Å². The summed E-state index contributed by atoms with van der Waals surface area (Å²) in [6.07, 6.45) is -1.64. The second-order valence-electron chi connectivity index (χ2n) is 7.65. The lowest BCUT2D eigenvalue weighted by molar-refractivity contribution is -0.147. The van der Waals surface area contributed by atoms with Crippen LogP contribution in [-0.2, 0) is 12.7 Å². The molecule has 4 aromatic rings. The first-order valence-corrected chi connectivity index (χ1v) is 10.0. The molecule has 0 aliphatic carbocycles. The van der Waals surface area contributed by atoms with E-state index in [1.54, 1.807) is 24.9 Å². The van der Waals surface area contributed by atoms with Crippen molar-refractivity contribution in [1.82, 2.24) is 29.6 Å². The summed E-state index contributed by atoms with van der Waals surface area (Å²) in [6.45, 7) is 3.66. The van der Waals surface area contributed by atoms with Crippen LogP contribution in [0, 0.1) is 0 Å². The smallest absolute Gasteiger partial charge is 0.343 e. The fourth-order valence-electron chi connectivity index (χ4n) is 3.64. The molecule has 7 nitrogen and oxygen atoms in total. The van der Waals surface area contributed by atoms with E-state index in [0.29, 0.717) is 12.1 Å². The minimum absolute atomic E-state index is 0.117. The Morgan fingerprint density at radius 1 is 1.12 bits per heavy atom. The zero-order chi connectivity index (χ0) is 22.9. The quantitative estimate of drug-likeness (QED) is 0.480. The van der Waals surface area contributed by atoms with Gasteiger partial charge in [0.15, 0.2) is 0 Å². The van der Waals surface area contributed by atoms with Crippen molar-refractivity contribution >= 4 is 16.9 Å². The predicted molar refractivity (Wildman–Crippen MR) is 112 cm³/mol. The zero-order valence-electron chi connectivity index (χ0n) is 17.4. The van der Waals surface area contributed by atoms with Crippen LogP contribution in [-0.4, -0.2) is 30.2 Å². The maximum absolute atomic E-state index is 13.5. The van der Waals surface area contributed by atoms with Crippen molar-refractivity contribution in [2.75, 3.05) is 0 Å². The predicted octanol–water partition coefficient (Wildman–Crippen LogP) is 4.40. The molecule has 0 saturated carbocycles. The number of nitrogens with zero attached hydrogens (tertiary/aromatic N) is 5. The Bertz CT molecular complexity index is 1220. The monoisotopic (exact) mass is 442 g/mol. The molecule has 0 bridgehead atoms. The summed E-state index contributed by atoms with van der Waals surface area (Å²) >= 11 is 0. The lowest BCUT2D eigenvalue weighted by Crippen LogP contribution is -2.31. The van der Waals surface area contributed by atoms with Gasteiger partial charge in [-0.05, 0) is 37.6 Å². The van der Waals surface area contributed by atoms with Gasteiger partial charge in [0.25, 0.3) is 5.91 Å². The highest BCUT2D eigenvalue weighted by molar-refractivity contribution is 5.97. The van der Waals surface area contributed by atoms with Gasteiger partial charge in [-0.2, -0.15) is 18.3 Å². The van der Waals surface area contributed by atoms with Gasteiger partial charge in [-0.25, -0.2) is 9.97 Å². The lowest BCUT2D eigenvalue weighted by Gasteiger charge is -2.19. The summed E-state index contributed by atoms with van der Waals surface area (Å²) in [7, 11) is 0. The van der Waals surface area contributed by atoms with Gasteiger partial charge in [0.05, 0.1) is 23.6 Å². The van der Waals surface area contributed by atoms with Crippen LogP contribution in [0.15, 0.2) is 61.2 Å². The molecule has 1 N–H and O–H groups in total. The van der Waals surface area contributed by atoms with Crippen molar-refractivity contribution in [1.29, 1.82) is 0 Å². The second-order valence-corrected chi connectivity index (χ2v) is 7.65. The number of hydrogen-bond acceptors (Lipinski definition) is 4. The molecule has 1 atom stereocenters. The van der Waals surface area contributed by atoms with Gasteiger partial charge in [-0.3, -0.25) is 9.48 Å². The van der Waals surface area contributed by atoms with Gasteiger partial charge in [-0.1, -0.05) is 30.3 Å². The van der Waals surface area contributed by atoms with Gasteiger partial charge < -0.3 is 9.88 Å². The first-order chi connectivity index (χ1) is 15.2. The van der Waals surface area contributed by atoms with Crippen LogP contribution in [0.5, 0.6) is 0 Å². The Hall–Kier alpha value is -3.69. The van der Waals surface area contributed by atoms with E-state index in [-0.39, 0.29) is 11.1 Å². The number of benzene rings is 2. The number of fused-ring (bicyclic) bond motifs is 1. The first kappa shape index (κ1) is 21.5. The molecule has 0 saturated heterocycles. The van der Waals surface area contributed by atoms with Crippen LogP contribution >= 0.6 is 0 Å². The number of alkyl halides is 3. The number of nitrogens with one attached hydrogen (secondary N) is 1. The number of amides is 1. The molecule has 166 valence electrons. The topological polar surface area (TPSA) is 77.6 Å². The number of hydrogen-bond donors (Lipinski definition) is 1. The third kappa shape index (κ3) is 4.34. The molecule has 2 aromatic carbocycles. The number of halogens is 3. The number of carbonyl (C=O) groups excluding carboxylic acids is 1. The number of aromatic nitrogens is 5. The molecule has 2 heterocycles. The molecule has 1 unspecified atom stereocenters. The Kier molecular flexibility index (Phi) is 5.68. The summed E-state index contributed by atoms with van der Waals surface area (Å²) in [5.41, 5.74) is 1.53. The van der Waals surface area contributed by atoms with E-state index in [4.69, 9.17) is 0 Å². The van der Waals surface area contributed by atoms with Crippen molar-refractivity contribution < 1.29 is 18.0 Å². The third-order valence-corrected chi connectivity index (χ3v) is 5.07. The maximum Gasteiger partial charge on any atom is 0.449 e. The maximum atomic E-state index is 13.5. The minimum atomic E-state index is -4.60. The molecule has 0 fully saturated rings. The first-order valence-electron chi connectivity index (χ1n) is 10.0. The van der Waals surface area contributed by atoms with Gasteiger partial charge in [0.2, 0.25) is 5.82 Å². The highest BCUT2D eigenvalue weighted by Crippen LogP contribution is 2.34. The van der Waals surface area contributed by atoms with Gasteiger partial charge in [0, 0.05) is 11.6 Å². The summed E-state index contributed by atoms with van der Waals surface area (Å²) in [5, 5.41) is 7.03. The standard InChI is InChI=1S/C22H21F3N6O/c1-14(2)31-19-9-8-16(10-17(19)29-21(31)22(23,24)25)20(32)28-18(11-30-13-26-12-27-30)15-6-4-3-5-7-15/h3-10,12-14,18H,11H2,1-2H3,(H,28,32). The Morgan fingerprint density at radius 3 is 2.50 bits per heavy atom. The molecule has 10 heteroatoms. The Balaban J connectivity index is 1.66. The average Bonchev–Trinajstić information content (AvgIpc) is 3.40. The molecule has 0 spiro atoms. The van der Waals surface area contributed by atoms with Crippen LogP contribution in [0.25, 0.3) is 11.0 Å². The molecule has 4 rings (SSSR count). The van der Waals surface area contributed by atoms with Crippen LogP contribution < -0.4 is 5.32 Å². The lowest BCUT2D eigenvalue weighted by atomic mass is 10.1. The van der Waals surface area contributed by atoms with Crippen LogP contribution in [0.4, 0.5) is 13.2 Å². The third-order valence-electron chi connectivity index (χ3n) is 5.07. The fraction of sp³-hybridized carbons (Fsp3) is 0.273. The van der Waals surface area contributed by atoms with Gasteiger partial charge in [-0.15, -0.1) is 0 Å². The molecule has 0 aliphatic rings. The normalized spacial score (nSPS) is 12.9. The van der Waals surface area contributed by atoms with E-state index in [9.17, 15) is 18.0 Å². The Morgan fingerprint density at radius 2 is 1.88 bits per heavy atom. The van der Waals surface area contributed by atoms with Crippen LogP contribution in [0.1, 0.15) is 47.7 Å². The molecule has 0 radical (unpaired) electrons. The van der Waals surface area contributed by atoms with E-state index in [0.717, 1.165) is 10.1 Å². The Labute approximate surface area is 181 Å². The zero-order valence-corrected chi connectivity index (χ0v) is 17.4. The number of rotatable bonds is 6. The van der Waals surface area contributed by atoms with E-state index >= 15 is 0 Å². The molecule has 32 heavy (non-hydrogen) atoms. The number of carbonyl (C=O) groups is 1. The fourth-order valence-corrected chi connectivity index (χ4v) is 3.64. The summed E-state index contributed by atoms with van der Waals surface area (Å²) in [6, 6.07) is 12.9. The van der Waals surface area contributed by atoms with Crippen LogP contribution in [0.3, 0.4) is 0 Å². The van der Waals surface area contributed by atoms with E-state index < -0.39 is 30.0 Å². The molecule has 2 aromatic heterocycles. The van der Waals surface area contributed by atoms with Crippen molar-refractivity contribution in [2.45, 2.75) is 38.7 Å². The molecular weight excluding hydrogens is 421 g/mol. The summed E-state index contributed by atoms with van der Waals surface area (Å²) in [5.74, 6) is -1.40. The molecular formula is C22H21F3N6O. The van der Waals surface area contributed by atoms with Gasteiger partial charge >= 0.3 is 6.18 Å². The highest BCUT2D eigenvalue weighted by atomic mass is 19.4. The molecule has 0 aliphatic heterocycles. The SMILES string of the molecule is CC(C)n1c(C(F)(F)F)nc2cc(C(=O)NC(Cn3cncn3)c3ccccc3)ccc21. The average molecular weight is 442 g/mol. The largest absolute Gasteiger partial charge is 0.449 e. The van der Waals surface area contributed by atoms with Crippen molar-refractivity contribution in [2.24, 2.45) is 0 Å². The van der Waals surface area contributed by atoms with Crippen LogP contribution in [0.2, 0.25) is 0 Å². The van der Waals surface area contributed by atoms with E-state index in [1.165, 1.54) is 24.5 Å². The van der Waals surface area contributed by atoms with E-state index in [1.807, 2.05) is 30.3 Å². The minimum Gasteiger partial charge on any atom is -0.343 e. The summed E-state index contributed by atoms with van der Waals surface area (Å²) in [4.78, 5) is 20.7. The highest BCUT2D eigenvalue weighted by Gasteiger charge is 2.38. The van der Waals surface area contributed by atoms with E-state index in [2.05, 4.69) is 20.4 Å². The second kappa shape index (κ2) is 8.45. The van der Waals surface area contributed by atoms with Gasteiger partial charge in [0.1, 0.15) is 12.7 Å². The summed E-state index contributed by atoms with van der Waals surface area (Å²) < 4.78 is 43.1. The number of imidazole rings is 1. The van der Waals surface area contributed by atoms with Crippen molar-refractivity contribution in [3.8, 4) is 0 Å². The van der Waals surface area contributed by atoms with Crippen molar-refractivity contribution in [3.63, 3.8) is 0 Å². The molecule has 1 amide bonds.